The third-order valence-corrected chi connectivity index (χ3v) is 4.66. The fourth-order valence-corrected chi connectivity index (χ4v) is 3.30. The predicted octanol–water partition coefficient (Wildman–Crippen LogP) is 1.83. The maximum absolute atomic E-state index is 14.2. The maximum atomic E-state index is 14.2. The van der Waals surface area contributed by atoms with Gasteiger partial charge in [-0.2, -0.15) is 5.10 Å². The van der Waals surface area contributed by atoms with E-state index in [-0.39, 0.29) is 34.2 Å². The number of fused-ring (bicyclic) bond motifs is 1. The molecule has 0 unspecified atom stereocenters. The molecule has 0 atom stereocenters. The van der Waals surface area contributed by atoms with Crippen molar-refractivity contribution in [3.63, 3.8) is 0 Å². The Morgan fingerprint density at radius 3 is 3.00 bits per heavy atom. The van der Waals surface area contributed by atoms with Crippen molar-refractivity contribution in [1.82, 2.24) is 15.7 Å². The number of carbonyl (C=O) groups excluding carboxylic acids is 1. The number of aryl methyl sites for hydroxylation is 1. The molecular weight excluding hydrogens is 363 g/mol. The highest BCUT2D eigenvalue weighted by Crippen LogP contribution is 2.36. The van der Waals surface area contributed by atoms with Crippen LogP contribution in [-0.4, -0.2) is 34.4 Å². The molecule has 4 N–H and O–H groups in total. The number of halogens is 1. The second-order valence-corrected chi connectivity index (χ2v) is 6.38. The van der Waals surface area contributed by atoms with Crippen LogP contribution in [0.4, 0.5) is 15.8 Å². The van der Waals surface area contributed by atoms with Gasteiger partial charge in [-0.05, 0) is 24.6 Å². The van der Waals surface area contributed by atoms with Gasteiger partial charge in [0.25, 0.3) is 11.5 Å². The van der Waals surface area contributed by atoms with Gasteiger partial charge in [-0.3, -0.25) is 14.4 Å². The molecule has 8 nitrogen and oxygen atoms in total. The van der Waals surface area contributed by atoms with Crippen LogP contribution in [0.25, 0.3) is 10.1 Å². The average molecular weight is 378 g/mol. The molecular formula is C16H15FN4O4S. The summed E-state index contributed by atoms with van der Waals surface area (Å²) in [6.07, 6.45) is 1.38. The quantitative estimate of drug-likeness (QED) is 0.384. The molecule has 0 aliphatic heterocycles. The van der Waals surface area contributed by atoms with Crippen molar-refractivity contribution in [2.75, 3.05) is 18.5 Å². The standard InChI is InChI=1S/C16H15FN4O4S/c1-8-2-3-11(10(17)6-8)19-12-9-7-18-20-15(23)13(9)26-14(12)16(24)21-25-5-4-22/h2-3,6-7,19,22H,4-5H2,1H3,(H,20,23)(H,21,24). The van der Waals surface area contributed by atoms with E-state index in [1.807, 2.05) is 0 Å². The van der Waals surface area contributed by atoms with Crippen molar-refractivity contribution in [1.29, 1.82) is 0 Å². The summed E-state index contributed by atoms with van der Waals surface area (Å²) < 4.78 is 14.5. The smallest absolute Gasteiger partial charge is 0.287 e. The summed E-state index contributed by atoms with van der Waals surface area (Å²) in [5.74, 6) is -1.13. The first kappa shape index (κ1) is 18.0. The van der Waals surface area contributed by atoms with Gasteiger partial charge in [0.15, 0.2) is 0 Å². The van der Waals surface area contributed by atoms with Crippen molar-refractivity contribution in [3.05, 3.63) is 51.0 Å². The predicted molar refractivity (Wildman–Crippen MR) is 95.2 cm³/mol. The zero-order chi connectivity index (χ0) is 18.7. The van der Waals surface area contributed by atoms with Crippen LogP contribution in [0.15, 0.2) is 29.2 Å². The lowest BCUT2D eigenvalue weighted by Gasteiger charge is -2.10. The van der Waals surface area contributed by atoms with Crippen LogP contribution in [0.1, 0.15) is 15.2 Å². The molecule has 1 amide bonds. The highest BCUT2D eigenvalue weighted by atomic mass is 32.1. The molecule has 0 fully saturated rings. The van der Waals surface area contributed by atoms with E-state index >= 15 is 0 Å². The number of hydrogen-bond acceptors (Lipinski definition) is 7. The zero-order valence-corrected chi connectivity index (χ0v) is 14.4. The molecule has 0 saturated carbocycles. The number of anilines is 2. The molecule has 0 radical (unpaired) electrons. The lowest BCUT2D eigenvalue weighted by Crippen LogP contribution is -2.25. The summed E-state index contributed by atoms with van der Waals surface area (Å²) in [6, 6.07) is 4.61. The van der Waals surface area contributed by atoms with Crippen molar-refractivity contribution >= 4 is 38.7 Å². The van der Waals surface area contributed by atoms with Crippen molar-refractivity contribution < 1.29 is 19.1 Å². The second kappa shape index (κ2) is 7.60. The van der Waals surface area contributed by atoms with Gasteiger partial charge in [0, 0.05) is 5.39 Å². The Morgan fingerprint density at radius 1 is 1.46 bits per heavy atom. The first-order chi connectivity index (χ1) is 12.5. The van der Waals surface area contributed by atoms with E-state index in [4.69, 9.17) is 9.94 Å². The highest BCUT2D eigenvalue weighted by molar-refractivity contribution is 7.21. The topological polar surface area (TPSA) is 116 Å². The summed E-state index contributed by atoms with van der Waals surface area (Å²) in [5, 5.41) is 18.0. The van der Waals surface area contributed by atoms with Crippen LogP contribution in [0.5, 0.6) is 0 Å². The number of nitrogens with zero attached hydrogens (tertiary/aromatic N) is 1. The van der Waals surface area contributed by atoms with E-state index in [2.05, 4.69) is 21.0 Å². The number of aliphatic hydroxyl groups excluding tert-OH is 1. The molecule has 3 rings (SSSR count). The van der Waals surface area contributed by atoms with Gasteiger partial charge in [-0.1, -0.05) is 6.07 Å². The van der Waals surface area contributed by atoms with Crippen molar-refractivity contribution in [2.24, 2.45) is 0 Å². The normalized spacial score (nSPS) is 10.9. The van der Waals surface area contributed by atoms with Gasteiger partial charge in [-0.25, -0.2) is 15.0 Å². The van der Waals surface area contributed by atoms with Gasteiger partial charge < -0.3 is 10.4 Å². The number of rotatable bonds is 6. The number of thiophene rings is 1. The molecule has 0 bridgehead atoms. The molecule has 2 aromatic heterocycles. The number of H-pyrrole nitrogens is 1. The van der Waals surface area contributed by atoms with Crippen LogP contribution < -0.4 is 16.4 Å². The first-order valence-corrected chi connectivity index (χ1v) is 8.39. The van der Waals surface area contributed by atoms with E-state index in [1.54, 1.807) is 19.1 Å². The number of hydroxylamine groups is 1. The van der Waals surface area contributed by atoms with Crippen molar-refractivity contribution in [2.45, 2.75) is 6.92 Å². The second-order valence-electron chi connectivity index (χ2n) is 5.36. The zero-order valence-electron chi connectivity index (χ0n) is 13.6. The number of aromatic nitrogens is 2. The minimum Gasteiger partial charge on any atom is -0.394 e. The number of hydrogen-bond donors (Lipinski definition) is 4. The van der Waals surface area contributed by atoms with E-state index in [1.165, 1.54) is 12.3 Å². The largest absolute Gasteiger partial charge is 0.394 e. The molecule has 1 aromatic carbocycles. The van der Waals surface area contributed by atoms with E-state index < -0.39 is 17.3 Å². The summed E-state index contributed by atoms with van der Waals surface area (Å²) in [5.41, 5.74) is 2.86. The van der Waals surface area contributed by atoms with Gasteiger partial charge in [-0.15, -0.1) is 11.3 Å². The fourth-order valence-electron chi connectivity index (χ4n) is 2.29. The molecule has 0 aliphatic carbocycles. The Labute approximate surface area is 150 Å². The molecule has 136 valence electrons. The number of amides is 1. The first-order valence-electron chi connectivity index (χ1n) is 7.57. The summed E-state index contributed by atoms with van der Waals surface area (Å²) >= 11 is 0.922. The molecule has 0 saturated heterocycles. The number of nitrogens with one attached hydrogen (secondary N) is 3. The molecule has 10 heteroatoms. The molecule has 0 spiro atoms. The fraction of sp³-hybridized carbons (Fsp3) is 0.188. The van der Waals surface area contributed by atoms with Crippen LogP contribution in [0, 0.1) is 12.7 Å². The minimum absolute atomic E-state index is 0.0892. The monoisotopic (exact) mass is 378 g/mol. The van der Waals surface area contributed by atoms with Gasteiger partial charge in [0.05, 0.1) is 30.8 Å². The third kappa shape index (κ3) is 3.57. The van der Waals surface area contributed by atoms with Crippen molar-refractivity contribution in [3.8, 4) is 0 Å². The lowest BCUT2D eigenvalue weighted by atomic mass is 10.2. The Hall–Kier alpha value is -2.82. The number of carbonyl (C=O) groups is 1. The van der Waals surface area contributed by atoms with Crippen LogP contribution in [-0.2, 0) is 4.84 Å². The Kier molecular flexibility index (Phi) is 5.26. The van der Waals surface area contributed by atoms with Crippen LogP contribution in [0.2, 0.25) is 0 Å². The summed E-state index contributed by atoms with van der Waals surface area (Å²) in [7, 11) is 0. The van der Waals surface area contributed by atoms with Gasteiger partial charge in [0.1, 0.15) is 15.4 Å². The van der Waals surface area contributed by atoms with Crippen LogP contribution in [0.3, 0.4) is 0 Å². The molecule has 26 heavy (non-hydrogen) atoms. The number of aliphatic hydroxyl groups is 1. The maximum Gasteiger partial charge on any atom is 0.287 e. The highest BCUT2D eigenvalue weighted by Gasteiger charge is 2.21. The molecule has 2 heterocycles. The average Bonchev–Trinajstić information content (AvgIpc) is 2.98. The van der Waals surface area contributed by atoms with Gasteiger partial charge >= 0.3 is 0 Å². The minimum atomic E-state index is -0.630. The molecule has 0 aliphatic rings. The number of benzene rings is 1. The SMILES string of the molecule is Cc1ccc(Nc2c(C(=O)NOCCO)sc3c(=O)[nH]ncc23)c(F)c1. The van der Waals surface area contributed by atoms with E-state index in [9.17, 15) is 14.0 Å². The summed E-state index contributed by atoms with van der Waals surface area (Å²) in [6.45, 7) is 1.40. The third-order valence-electron chi connectivity index (χ3n) is 3.46. The Balaban J connectivity index is 2.06. The lowest BCUT2D eigenvalue weighted by molar-refractivity contribution is 0.0172. The van der Waals surface area contributed by atoms with E-state index in [0.29, 0.717) is 5.39 Å². The Morgan fingerprint density at radius 2 is 2.27 bits per heavy atom. The van der Waals surface area contributed by atoms with E-state index in [0.717, 1.165) is 16.9 Å². The number of aromatic amines is 1. The van der Waals surface area contributed by atoms with Gasteiger partial charge in [0.2, 0.25) is 0 Å². The Bertz CT molecular complexity index is 1020. The molecule has 3 aromatic rings. The summed E-state index contributed by atoms with van der Waals surface area (Å²) in [4.78, 5) is 29.3. The van der Waals surface area contributed by atoms with Crippen LogP contribution >= 0.6 is 11.3 Å².